The molecule has 0 saturated heterocycles. The number of aliphatic hydroxyl groups excluding tert-OH is 1. The Bertz CT molecular complexity index is 317. The minimum Gasteiger partial charge on any atom is -0.393 e. The third-order valence-electron chi connectivity index (χ3n) is 3.20. The first-order valence-electron chi connectivity index (χ1n) is 5.90. The summed E-state index contributed by atoms with van der Waals surface area (Å²) in [6.07, 6.45) is 3.73. The molecule has 0 amide bonds. The van der Waals surface area contributed by atoms with Crippen molar-refractivity contribution in [2.45, 2.75) is 44.4 Å². The van der Waals surface area contributed by atoms with Crippen LogP contribution in [0.15, 0.2) is 24.3 Å². The highest BCUT2D eigenvalue weighted by Gasteiger charge is 2.18. The van der Waals surface area contributed by atoms with E-state index in [9.17, 15) is 9.50 Å². The summed E-state index contributed by atoms with van der Waals surface area (Å²) in [7, 11) is 0. The third-order valence-corrected chi connectivity index (χ3v) is 3.20. The summed E-state index contributed by atoms with van der Waals surface area (Å²) < 4.78 is 12.7. The van der Waals surface area contributed by atoms with Crippen LogP contribution in [0.4, 0.5) is 4.39 Å². The molecule has 0 unspecified atom stereocenters. The Kier molecular flexibility index (Phi) is 3.91. The van der Waals surface area contributed by atoms with Gasteiger partial charge in [-0.25, -0.2) is 4.39 Å². The van der Waals surface area contributed by atoms with Crippen LogP contribution in [0.5, 0.6) is 0 Å². The summed E-state index contributed by atoms with van der Waals surface area (Å²) >= 11 is 0. The zero-order chi connectivity index (χ0) is 11.4. The van der Waals surface area contributed by atoms with E-state index in [0.717, 1.165) is 37.8 Å². The molecule has 3 heteroatoms. The average Bonchev–Trinajstić information content (AvgIpc) is 2.30. The largest absolute Gasteiger partial charge is 0.393 e. The molecule has 1 aliphatic rings. The van der Waals surface area contributed by atoms with Gasteiger partial charge in [-0.2, -0.15) is 0 Å². The molecule has 2 rings (SSSR count). The van der Waals surface area contributed by atoms with Gasteiger partial charge in [0.15, 0.2) is 0 Å². The minimum absolute atomic E-state index is 0.108. The van der Waals surface area contributed by atoms with Crippen molar-refractivity contribution in [2.24, 2.45) is 0 Å². The van der Waals surface area contributed by atoms with Gasteiger partial charge in [-0.1, -0.05) is 12.1 Å². The van der Waals surface area contributed by atoms with E-state index in [-0.39, 0.29) is 11.9 Å². The van der Waals surface area contributed by atoms with Gasteiger partial charge < -0.3 is 10.4 Å². The quantitative estimate of drug-likeness (QED) is 0.823. The highest BCUT2D eigenvalue weighted by Crippen LogP contribution is 2.18. The van der Waals surface area contributed by atoms with Crippen LogP contribution in [0, 0.1) is 5.82 Å². The Balaban J connectivity index is 1.77. The van der Waals surface area contributed by atoms with E-state index < -0.39 is 0 Å². The minimum atomic E-state index is -0.190. The number of aliphatic hydroxyl groups is 1. The van der Waals surface area contributed by atoms with Crippen LogP contribution in [0.2, 0.25) is 0 Å². The second-order valence-corrected chi connectivity index (χ2v) is 4.51. The predicted octanol–water partition coefficient (Wildman–Crippen LogP) is 2.22. The van der Waals surface area contributed by atoms with Gasteiger partial charge in [0.25, 0.3) is 0 Å². The lowest BCUT2D eigenvalue weighted by atomic mass is 9.93. The summed E-state index contributed by atoms with van der Waals surface area (Å²) in [5.41, 5.74) is 1.10. The molecule has 88 valence electrons. The smallest absolute Gasteiger partial charge is 0.123 e. The van der Waals surface area contributed by atoms with Crippen molar-refractivity contribution < 1.29 is 9.50 Å². The molecule has 0 aliphatic heterocycles. The second-order valence-electron chi connectivity index (χ2n) is 4.51. The molecule has 1 aromatic rings. The number of benzene rings is 1. The molecule has 0 atom stereocenters. The Morgan fingerprint density at radius 3 is 2.38 bits per heavy atom. The fourth-order valence-corrected chi connectivity index (χ4v) is 2.14. The highest BCUT2D eigenvalue weighted by atomic mass is 19.1. The maximum absolute atomic E-state index is 12.7. The van der Waals surface area contributed by atoms with Gasteiger partial charge in [0.1, 0.15) is 5.82 Å². The average molecular weight is 223 g/mol. The fourth-order valence-electron chi connectivity index (χ4n) is 2.14. The number of hydrogen-bond acceptors (Lipinski definition) is 2. The van der Waals surface area contributed by atoms with E-state index >= 15 is 0 Å². The van der Waals surface area contributed by atoms with E-state index in [1.807, 2.05) is 0 Å². The summed E-state index contributed by atoms with van der Waals surface area (Å²) in [6, 6.07) is 7.08. The second kappa shape index (κ2) is 5.41. The van der Waals surface area contributed by atoms with E-state index in [4.69, 9.17) is 0 Å². The first-order valence-corrected chi connectivity index (χ1v) is 5.90. The zero-order valence-corrected chi connectivity index (χ0v) is 9.32. The molecule has 1 saturated carbocycles. The summed E-state index contributed by atoms with van der Waals surface area (Å²) in [5, 5.41) is 12.8. The molecular weight excluding hydrogens is 205 g/mol. The van der Waals surface area contributed by atoms with Crippen LogP contribution in [-0.2, 0) is 6.54 Å². The molecule has 16 heavy (non-hydrogen) atoms. The molecule has 0 aromatic heterocycles. The summed E-state index contributed by atoms with van der Waals surface area (Å²) in [4.78, 5) is 0. The van der Waals surface area contributed by atoms with Gasteiger partial charge in [0.05, 0.1) is 6.10 Å². The molecule has 0 bridgehead atoms. The third kappa shape index (κ3) is 3.29. The number of nitrogens with one attached hydrogen (secondary N) is 1. The van der Waals surface area contributed by atoms with E-state index in [1.54, 1.807) is 12.1 Å². The van der Waals surface area contributed by atoms with Gasteiger partial charge in [-0.15, -0.1) is 0 Å². The van der Waals surface area contributed by atoms with Crippen LogP contribution >= 0.6 is 0 Å². The van der Waals surface area contributed by atoms with Crippen molar-refractivity contribution >= 4 is 0 Å². The van der Waals surface area contributed by atoms with E-state index in [2.05, 4.69) is 5.32 Å². The lowest BCUT2D eigenvalue weighted by Crippen LogP contribution is -2.34. The molecule has 2 N–H and O–H groups in total. The van der Waals surface area contributed by atoms with Gasteiger partial charge in [-0.3, -0.25) is 0 Å². The maximum atomic E-state index is 12.7. The van der Waals surface area contributed by atoms with Crippen LogP contribution in [0.25, 0.3) is 0 Å². The number of halogens is 1. The monoisotopic (exact) mass is 223 g/mol. The summed E-state index contributed by atoms with van der Waals surface area (Å²) in [5.74, 6) is -0.190. The lowest BCUT2D eigenvalue weighted by molar-refractivity contribution is 0.116. The fraction of sp³-hybridized carbons (Fsp3) is 0.538. The zero-order valence-electron chi connectivity index (χ0n) is 9.32. The van der Waals surface area contributed by atoms with Crippen molar-refractivity contribution in [1.82, 2.24) is 5.32 Å². The molecule has 2 nitrogen and oxygen atoms in total. The molecule has 1 aliphatic carbocycles. The van der Waals surface area contributed by atoms with Crippen LogP contribution < -0.4 is 5.32 Å². The van der Waals surface area contributed by atoms with Crippen molar-refractivity contribution in [3.05, 3.63) is 35.6 Å². The highest BCUT2D eigenvalue weighted by molar-refractivity contribution is 5.15. The standard InChI is InChI=1S/C13H18FNO/c14-11-3-1-10(2-4-11)9-15-12-5-7-13(16)8-6-12/h1-4,12-13,15-16H,5-9H2. The molecule has 1 aromatic carbocycles. The molecule has 0 radical (unpaired) electrons. The number of hydrogen-bond donors (Lipinski definition) is 2. The Morgan fingerprint density at radius 1 is 1.12 bits per heavy atom. The number of rotatable bonds is 3. The maximum Gasteiger partial charge on any atom is 0.123 e. The van der Waals surface area contributed by atoms with Crippen LogP contribution in [-0.4, -0.2) is 17.3 Å². The van der Waals surface area contributed by atoms with Crippen molar-refractivity contribution in [1.29, 1.82) is 0 Å². The molecular formula is C13H18FNO. The van der Waals surface area contributed by atoms with Gasteiger partial charge in [0.2, 0.25) is 0 Å². The normalized spacial score (nSPS) is 25.6. The van der Waals surface area contributed by atoms with Gasteiger partial charge in [0, 0.05) is 12.6 Å². The van der Waals surface area contributed by atoms with Crippen LogP contribution in [0.3, 0.4) is 0 Å². The topological polar surface area (TPSA) is 32.3 Å². The summed E-state index contributed by atoms with van der Waals surface area (Å²) in [6.45, 7) is 0.779. The van der Waals surface area contributed by atoms with Gasteiger partial charge >= 0.3 is 0 Å². The molecule has 0 spiro atoms. The molecule has 1 fully saturated rings. The molecule has 0 heterocycles. The first-order chi connectivity index (χ1) is 7.74. The van der Waals surface area contributed by atoms with Crippen molar-refractivity contribution in [2.75, 3.05) is 0 Å². The van der Waals surface area contributed by atoms with Crippen molar-refractivity contribution in [3.8, 4) is 0 Å². The van der Waals surface area contributed by atoms with Crippen LogP contribution in [0.1, 0.15) is 31.2 Å². The predicted molar refractivity (Wildman–Crippen MR) is 61.5 cm³/mol. The Morgan fingerprint density at radius 2 is 1.75 bits per heavy atom. The van der Waals surface area contributed by atoms with Crippen molar-refractivity contribution in [3.63, 3.8) is 0 Å². The van der Waals surface area contributed by atoms with E-state index in [0.29, 0.717) is 6.04 Å². The van der Waals surface area contributed by atoms with E-state index in [1.165, 1.54) is 12.1 Å². The Hall–Kier alpha value is -0.930. The first kappa shape index (κ1) is 11.6. The SMILES string of the molecule is OC1CCC(NCc2ccc(F)cc2)CC1. The Labute approximate surface area is 95.5 Å². The van der Waals surface area contributed by atoms with Gasteiger partial charge in [-0.05, 0) is 43.4 Å². The lowest BCUT2D eigenvalue weighted by Gasteiger charge is -2.26.